The van der Waals surface area contributed by atoms with E-state index in [-0.39, 0.29) is 5.91 Å². The number of hydrogen-bond acceptors (Lipinski definition) is 4. The summed E-state index contributed by atoms with van der Waals surface area (Å²) >= 11 is 0. The largest absolute Gasteiger partial charge is 0.352 e. The van der Waals surface area contributed by atoms with Crippen molar-refractivity contribution >= 4 is 5.91 Å². The number of nitrogens with zero attached hydrogens (tertiary/aromatic N) is 2. The van der Waals surface area contributed by atoms with Crippen molar-refractivity contribution in [3.63, 3.8) is 0 Å². The average molecular weight is 322 g/mol. The van der Waals surface area contributed by atoms with Gasteiger partial charge in [0, 0.05) is 25.2 Å². The minimum absolute atomic E-state index is 0.239. The van der Waals surface area contributed by atoms with E-state index in [0.29, 0.717) is 12.6 Å². The second-order valence-corrected chi connectivity index (χ2v) is 7.72. The lowest BCUT2D eigenvalue weighted by molar-refractivity contribution is -0.123. The summed E-state index contributed by atoms with van der Waals surface area (Å²) in [4.78, 5) is 17.2. The van der Waals surface area contributed by atoms with Gasteiger partial charge in [-0.1, -0.05) is 0 Å². The van der Waals surface area contributed by atoms with Gasteiger partial charge in [-0.3, -0.25) is 9.69 Å². The fraction of sp³-hybridized carbons (Fsp3) is 0.944. The third kappa shape index (κ3) is 5.44. The van der Waals surface area contributed by atoms with Crippen molar-refractivity contribution in [3.05, 3.63) is 0 Å². The first kappa shape index (κ1) is 17.2. The number of hydrogen-bond donors (Lipinski definition) is 2. The van der Waals surface area contributed by atoms with Crippen LogP contribution in [0.2, 0.25) is 0 Å². The lowest BCUT2D eigenvalue weighted by Crippen LogP contribution is -2.48. The molecule has 0 bridgehead atoms. The summed E-state index contributed by atoms with van der Waals surface area (Å²) in [5.74, 6) is 1.08. The van der Waals surface area contributed by atoms with E-state index in [1.165, 1.54) is 45.2 Å². The molecule has 0 aromatic heterocycles. The molecule has 1 amide bonds. The van der Waals surface area contributed by atoms with Crippen LogP contribution in [0.1, 0.15) is 44.9 Å². The highest BCUT2D eigenvalue weighted by Crippen LogP contribution is 2.29. The second kappa shape index (κ2) is 8.45. The van der Waals surface area contributed by atoms with Gasteiger partial charge in [-0.05, 0) is 77.5 Å². The summed E-state index contributed by atoms with van der Waals surface area (Å²) in [5.41, 5.74) is 0. The number of likely N-dealkylation sites (tertiary alicyclic amines) is 2. The lowest BCUT2D eigenvalue weighted by Gasteiger charge is -2.34. The van der Waals surface area contributed by atoms with Crippen LogP contribution in [0.25, 0.3) is 0 Å². The Balaban J connectivity index is 1.29. The highest BCUT2D eigenvalue weighted by Gasteiger charge is 2.32. The predicted molar refractivity (Wildman–Crippen MR) is 93.5 cm³/mol. The van der Waals surface area contributed by atoms with Crippen molar-refractivity contribution in [3.8, 4) is 0 Å². The molecular weight excluding hydrogens is 288 g/mol. The normalized spacial score (nSPS) is 25.6. The van der Waals surface area contributed by atoms with Crippen molar-refractivity contribution in [1.82, 2.24) is 20.4 Å². The Kier molecular flexibility index (Phi) is 6.31. The zero-order chi connectivity index (χ0) is 16.1. The summed E-state index contributed by atoms with van der Waals surface area (Å²) in [6.07, 6.45) is 8.81. The van der Waals surface area contributed by atoms with Gasteiger partial charge in [0.1, 0.15) is 0 Å². The van der Waals surface area contributed by atoms with E-state index in [9.17, 15) is 4.79 Å². The minimum atomic E-state index is 0.239. The Bertz CT molecular complexity index is 369. The first-order valence-corrected chi connectivity index (χ1v) is 9.65. The fourth-order valence-corrected chi connectivity index (χ4v) is 4.11. The molecule has 3 aliphatic rings. The smallest absolute Gasteiger partial charge is 0.234 e. The molecule has 0 spiro atoms. The van der Waals surface area contributed by atoms with E-state index in [4.69, 9.17) is 0 Å². The lowest BCUT2D eigenvalue weighted by atomic mass is 9.93. The number of carbonyl (C=O) groups is 1. The van der Waals surface area contributed by atoms with Crippen LogP contribution in [0.5, 0.6) is 0 Å². The maximum Gasteiger partial charge on any atom is 0.234 e. The molecular formula is C18H34N4O. The number of rotatable bonds is 7. The van der Waals surface area contributed by atoms with Gasteiger partial charge in [0.05, 0.1) is 6.54 Å². The molecule has 0 aromatic carbocycles. The molecule has 0 radical (unpaired) electrons. The van der Waals surface area contributed by atoms with Crippen molar-refractivity contribution < 1.29 is 4.79 Å². The van der Waals surface area contributed by atoms with Gasteiger partial charge in [0.25, 0.3) is 0 Å². The molecule has 132 valence electrons. The Morgan fingerprint density at radius 2 is 1.70 bits per heavy atom. The molecule has 5 heteroatoms. The van der Waals surface area contributed by atoms with Crippen LogP contribution in [-0.4, -0.2) is 74.1 Å². The molecule has 3 fully saturated rings. The maximum atomic E-state index is 12.3. The van der Waals surface area contributed by atoms with E-state index in [0.717, 1.165) is 44.4 Å². The Morgan fingerprint density at radius 3 is 2.30 bits per heavy atom. The van der Waals surface area contributed by atoms with Crippen LogP contribution in [0.4, 0.5) is 0 Å². The van der Waals surface area contributed by atoms with Crippen molar-refractivity contribution in [2.75, 3.05) is 46.3 Å². The molecule has 3 rings (SSSR count). The van der Waals surface area contributed by atoms with E-state index in [1.54, 1.807) is 0 Å². The summed E-state index contributed by atoms with van der Waals surface area (Å²) in [6.45, 7) is 6.23. The third-order valence-electron chi connectivity index (χ3n) is 5.83. The molecule has 5 nitrogen and oxygen atoms in total. The van der Waals surface area contributed by atoms with Crippen molar-refractivity contribution in [1.29, 1.82) is 0 Å². The molecule has 23 heavy (non-hydrogen) atoms. The summed E-state index contributed by atoms with van der Waals surface area (Å²) in [5, 5.41) is 6.51. The predicted octanol–water partition coefficient (Wildman–Crippen LogP) is 1.05. The second-order valence-electron chi connectivity index (χ2n) is 7.72. The zero-order valence-corrected chi connectivity index (χ0v) is 14.7. The molecule has 1 aliphatic carbocycles. The van der Waals surface area contributed by atoms with Gasteiger partial charge in [0.2, 0.25) is 5.91 Å². The Labute approximate surface area is 141 Å². The zero-order valence-electron chi connectivity index (χ0n) is 14.7. The Morgan fingerprint density at radius 1 is 1.00 bits per heavy atom. The van der Waals surface area contributed by atoms with Crippen LogP contribution in [0.15, 0.2) is 0 Å². The van der Waals surface area contributed by atoms with Crippen LogP contribution in [0.3, 0.4) is 0 Å². The molecule has 2 saturated heterocycles. The van der Waals surface area contributed by atoms with Crippen LogP contribution < -0.4 is 10.6 Å². The van der Waals surface area contributed by atoms with Crippen LogP contribution in [-0.2, 0) is 4.79 Å². The summed E-state index contributed by atoms with van der Waals surface area (Å²) < 4.78 is 0. The van der Waals surface area contributed by atoms with E-state index >= 15 is 0 Å². The first-order chi connectivity index (χ1) is 11.2. The molecule has 0 aromatic rings. The monoisotopic (exact) mass is 322 g/mol. The van der Waals surface area contributed by atoms with Gasteiger partial charge >= 0.3 is 0 Å². The molecule has 2 heterocycles. The number of piperidine rings is 2. The van der Waals surface area contributed by atoms with Crippen molar-refractivity contribution in [2.24, 2.45) is 5.92 Å². The van der Waals surface area contributed by atoms with Crippen molar-refractivity contribution in [2.45, 2.75) is 57.0 Å². The SMILES string of the molecule is CNCCC1CCN(CC(=O)NC2CCN(C3CC3)CC2)CC1. The molecule has 2 N–H and O–H groups in total. The quantitative estimate of drug-likeness (QED) is 0.736. The molecule has 0 unspecified atom stereocenters. The minimum Gasteiger partial charge on any atom is -0.352 e. The first-order valence-electron chi connectivity index (χ1n) is 9.65. The van der Waals surface area contributed by atoms with Gasteiger partial charge < -0.3 is 15.5 Å². The van der Waals surface area contributed by atoms with Gasteiger partial charge in [0.15, 0.2) is 0 Å². The van der Waals surface area contributed by atoms with Gasteiger partial charge in [-0.25, -0.2) is 0 Å². The maximum absolute atomic E-state index is 12.3. The highest BCUT2D eigenvalue weighted by molar-refractivity contribution is 5.78. The van der Waals surface area contributed by atoms with Gasteiger partial charge in [-0.15, -0.1) is 0 Å². The molecule has 0 atom stereocenters. The molecule has 2 aliphatic heterocycles. The topological polar surface area (TPSA) is 47.6 Å². The number of amides is 1. The number of nitrogens with one attached hydrogen (secondary N) is 2. The average Bonchev–Trinajstić information content (AvgIpc) is 3.40. The number of carbonyl (C=O) groups excluding carboxylic acids is 1. The van der Waals surface area contributed by atoms with Crippen LogP contribution in [0, 0.1) is 5.92 Å². The Hall–Kier alpha value is -0.650. The highest BCUT2D eigenvalue weighted by atomic mass is 16.2. The molecule has 1 saturated carbocycles. The summed E-state index contributed by atoms with van der Waals surface area (Å²) in [6, 6.07) is 1.28. The third-order valence-corrected chi connectivity index (χ3v) is 5.83. The van der Waals surface area contributed by atoms with E-state index in [1.807, 2.05) is 7.05 Å². The fourth-order valence-electron chi connectivity index (χ4n) is 4.11. The van der Waals surface area contributed by atoms with Crippen LogP contribution >= 0.6 is 0 Å². The van der Waals surface area contributed by atoms with E-state index < -0.39 is 0 Å². The van der Waals surface area contributed by atoms with E-state index in [2.05, 4.69) is 20.4 Å². The summed E-state index contributed by atoms with van der Waals surface area (Å²) in [7, 11) is 2.02. The standard InChI is InChI=1S/C18H34N4O/c1-19-9-4-15-5-10-21(11-6-15)14-18(23)20-16-7-12-22(13-8-16)17-2-3-17/h15-17,19H,2-14H2,1H3,(H,20,23). The van der Waals surface area contributed by atoms with Gasteiger partial charge in [-0.2, -0.15) is 0 Å².